The van der Waals surface area contributed by atoms with E-state index in [9.17, 15) is 8.42 Å². The molecule has 0 aromatic carbocycles. The van der Waals surface area contributed by atoms with Gasteiger partial charge in [-0.1, -0.05) is 0 Å². The summed E-state index contributed by atoms with van der Waals surface area (Å²) in [5, 5.41) is 3.66. The Bertz CT molecular complexity index is 819. The monoisotopic (exact) mass is 352 g/mol. The highest BCUT2D eigenvalue weighted by atomic mass is 32.2. The van der Waals surface area contributed by atoms with Crippen molar-refractivity contribution in [2.24, 2.45) is 7.05 Å². The van der Waals surface area contributed by atoms with Crippen molar-refractivity contribution in [2.75, 3.05) is 11.3 Å². The lowest BCUT2D eigenvalue weighted by Crippen LogP contribution is -2.33. The molecule has 1 aliphatic heterocycles. The van der Waals surface area contributed by atoms with E-state index in [0.717, 1.165) is 0 Å². The molecule has 0 unspecified atom stereocenters. The van der Waals surface area contributed by atoms with E-state index in [1.165, 1.54) is 4.68 Å². The number of anilines is 1. The Morgan fingerprint density at radius 1 is 1.46 bits per heavy atom. The van der Waals surface area contributed by atoms with Gasteiger partial charge in [-0.3, -0.25) is 9.71 Å². The molecule has 0 spiro atoms. The predicted octanol–water partition coefficient (Wildman–Crippen LogP) is 1.83. The first-order valence-electron chi connectivity index (χ1n) is 7.63. The van der Waals surface area contributed by atoms with E-state index in [1.54, 1.807) is 45.4 Å². The van der Waals surface area contributed by atoms with E-state index in [-0.39, 0.29) is 6.10 Å². The summed E-state index contributed by atoms with van der Waals surface area (Å²) in [7, 11) is -1.92. The fraction of sp³-hybridized carbons (Fsp3) is 0.467. The second-order valence-electron chi connectivity index (χ2n) is 5.73. The van der Waals surface area contributed by atoms with E-state index < -0.39 is 15.3 Å². The number of aryl methyl sites for hydroxylation is 2. The molecule has 1 N–H and O–H groups in total. The van der Waals surface area contributed by atoms with E-state index in [0.29, 0.717) is 36.0 Å². The summed E-state index contributed by atoms with van der Waals surface area (Å²) in [5.41, 5.74) is 0.868. The molecular formula is C15H20N4O4S. The zero-order chi connectivity index (χ0) is 17.3. The summed E-state index contributed by atoms with van der Waals surface area (Å²) in [5.74, 6) is 0.814. The van der Waals surface area contributed by atoms with Crippen LogP contribution in [0, 0.1) is 6.92 Å². The Labute approximate surface area is 140 Å². The Morgan fingerprint density at radius 3 is 2.88 bits per heavy atom. The first-order chi connectivity index (χ1) is 11.4. The number of ether oxygens (including phenoxy) is 2. The molecule has 0 amide bonds. The zero-order valence-electron chi connectivity index (χ0n) is 13.8. The molecule has 0 radical (unpaired) electrons. The number of nitrogens with one attached hydrogen (secondary N) is 1. The van der Waals surface area contributed by atoms with Gasteiger partial charge in [0.05, 0.1) is 18.0 Å². The van der Waals surface area contributed by atoms with E-state index in [1.807, 2.05) is 0 Å². The predicted molar refractivity (Wildman–Crippen MR) is 88.6 cm³/mol. The molecule has 2 aromatic rings. The van der Waals surface area contributed by atoms with E-state index in [2.05, 4.69) is 14.8 Å². The summed E-state index contributed by atoms with van der Waals surface area (Å²) in [6.07, 6.45) is 3.30. The lowest BCUT2D eigenvalue weighted by Gasteiger charge is -2.17. The highest BCUT2D eigenvalue weighted by molar-refractivity contribution is 7.93. The molecule has 9 heteroatoms. The Morgan fingerprint density at radius 2 is 2.25 bits per heavy atom. The Hall–Kier alpha value is -2.13. The van der Waals surface area contributed by atoms with Crippen molar-refractivity contribution in [3.05, 3.63) is 30.2 Å². The van der Waals surface area contributed by atoms with Crippen molar-refractivity contribution in [3.8, 4) is 11.6 Å². The molecule has 1 saturated heterocycles. The maximum absolute atomic E-state index is 12.7. The highest BCUT2D eigenvalue weighted by Gasteiger charge is 2.37. The number of aromatic nitrogens is 3. The first-order valence-corrected chi connectivity index (χ1v) is 9.18. The largest absolute Gasteiger partial charge is 0.436 e. The maximum Gasteiger partial charge on any atom is 0.242 e. The average Bonchev–Trinajstić information content (AvgIpc) is 3.07. The number of pyridine rings is 1. The van der Waals surface area contributed by atoms with Crippen LogP contribution in [0.25, 0.3) is 0 Å². The Balaban J connectivity index is 1.91. The van der Waals surface area contributed by atoms with Crippen molar-refractivity contribution in [1.29, 1.82) is 0 Å². The molecule has 3 rings (SSSR count). The van der Waals surface area contributed by atoms with Gasteiger partial charge < -0.3 is 9.47 Å². The van der Waals surface area contributed by atoms with Crippen molar-refractivity contribution in [1.82, 2.24) is 14.8 Å². The summed E-state index contributed by atoms with van der Waals surface area (Å²) in [4.78, 5) is 3.98. The quantitative estimate of drug-likeness (QED) is 0.882. The fourth-order valence-corrected chi connectivity index (χ4v) is 4.39. The molecule has 8 nitrogen and oxygen atoms in total. The molecule has 2 aromatic heterocycles. The zero-order valence-corrected chi connectivity index (χ0v) is 14.6. The highest BCUT2D eigenvalue weighted by Crippen LogP contribution is 2.34. The van der Waals surface area contributed by atoms with Crippen LogP contribution in [0.2, 0.25) is 0 Å². The standard InChI is InChI=1S/C15H20N4O4S/c1-10-14(18-24(20,21)13-6-8-22-11(13)2)15(19(3)17-10)23-12-5-4-7-16-9-12/h4-5,7,9,11,13,18H,6,8H2,1-3H3/t11-,13-/m1/s1. The van der Waals surface area contributed by atoms with Crippen LogP contribution in [0.3, 0.4) is 0 Å². The van der Waals surface area contributed by atoms with Crippen molar-refractivity contribution >= 4 is 15.7 Å². The SMILES string of the molecule is Cc1nn(C)c(Oc2cccnc2)c1NS(=O)(=O)[C@@H]1CCO[C@@H]1C. The van der Waals surface area contributed by atoms with Crippen LogP contribution >= 0.6 is 0 Å². The van der Waals surface area contributed by atoms with Gasteiger partial charge in [0, 0.05) is 19.9 Å². The minimum absolute atomic E-state index is 0.315. The number of nitrogens with zero attached hydrogens (tertiary/aromatic N) is 3. The molecule has 1 fully saturated rings. The lowest BCUT2D eigenvalue weighted by atomic mass is 10.3. The molecule has 130 valence electrons. The summed E-state index contributed by atoms with van der Waals surface area (Å²) in [6.45, 7) is 3.93. The second kappa shape index (κ2) is 6.40. The third kappa shape index (κ3) is 3.22. The molecule has 3 heterocycles. The topological polar surface area (TPSA) is 95.3 Å². The molecule has 1 aliphatic rings. The first kappa shape index (κ1) is 16.7. The van der Waals surface area contributed by atoms with Crippen LogP contribution in [-0.4, -0.2) is 41.1 Å². The summed E-state index contributed by atoms with van der Waals surface area (Å²) >= 11 is 0. The number of hydrogen-bond donors (Lipinski definition) is 1. The second-order valence-corrected chi connectivity index (χ2v) is 7.63. The molecular weight excluding hydrogens is 332 g/mol. The van der Waals surface area contributed by atoms with Gasteiger partial charge in [-0.2, -0.15) is 5.10 Å². The minimum atomic E-state index is -3.61. The Kier molecular flexibility index (Phi) is 4.46. The number of rotatable bonds is 5. The summed E-state index contributed by atoms with van der Waals surface area (Å²) < 4.78 is 40.6. The molecule has 0 bridgehead atoms. The smallest absolute Gasteiger partial charge is 0.242 e. The van der Waals surface area contributed by atoms with Gasteiger partial charge in [-0.05, 0) is 32.4 Å². The van der Waals surface area contributed by atoms with Crippen LogP contribution in [0.15, 0.2) is 24.5 Å². The van der Waals surface area contributed by atoms with Crippen LogP contribution in [0.1, 0.15) is 19.0 Å². The molecule has 2 atom stereocenters. The fourth-order valence-electron chi connectivity index (χ4n) is 2.73. The van der Waals surface area contributed by atoms with Crippen molar-refractivity contribution < 1.29 is 17.9 Å². The van der Waals surface area contributed by atoms with Gasteiger partial charge in [0.25, 0.3) is 0 Å². The van der Waals surface area contributed by atoms with Crippen LogP contribution < -0.4 is 9.46 Å². The van der Waals surface area contributed by atoms with E-state index in [4.69, 9.17) is 9.47 Å². The van der Waals surface area contributed by atoms with Gasteiger partial charge in [0.1, 0.15) is 16.7 Å². The van der Waals surface area contributed by atoms with Gasteiger partial charge in [-0.25, -0.2) is 13.1 Å². The number of hydrogen-bond acceptors (Lipinski definition) is 6. The van der Waals surface area contributed by atoms with Crippen molar-refractivity contribution in [3.63, 3.8) is 0 Å². The maximum atomic E-state index is 12.7. The van der Waals surface area contributed by atoms with Gasteiger partial charge in [0.2, 0.25) is 15.9 Å². The molecule has 0 saturated carbocycles. The molecule has 24 heavy (non-hydrogen) atoms. The van der Waals surface area contributed by atoms with Gasteiger partial charge in [0.15, 0.2) is 0 Å². The molecule has 0 aliphatic carbocycles. The minimum Gasteiger partial charge on any atom is -0.436 e. The van der Waals surface area contributed by atoms with Crippen LogP contribution in [-0.2, 0) is 21.8 Å². The summed E-state index contributed by atoms with van der Waals surface area (Å²) in [6, 6.07) is 3.47. The average molecular weight is 352 g/mol. The third-order valence-corrected chi connectivity index (χ3v) is 5.87. The van der Waals surface area contributed by atoms with Gasteiger partial charge in [-0.15, -0.1) is 0 Å². The lowest BCUT2D eigenvalue weighted by molar-refractivity contribution is 0.126. The number of sulfonamides is 1. The van der Waals surface area contributed by atoms with Gasteiger partial charge >= 0.3 is 0 Å². The van der Waals surface area contributed by atoms with Crippen molar-refractivity contribution in [2.45, 2.75) is 31.6 Å². The van der Waals surface area contributed by atoms with Crippen LogP contribution in [0.5, 0.6) is 11.6 Å². The normalized spacial score (nSPS) is 21.0. The van der Waals surface area contributed by atoms with E-state index >= 15 is 0 Å². The van der Waals surface area contributed by atoms with Crippen LogP contribution in [0.4, 0.5) is 5.69 Å². The third-order valence-electron chi connectivity index (χ3n) is 3.97.